The van der Waals surface area contributed by atoms with Crippen LogP contribution in [0.2, 0.25) is 0 Å². The Labute approximate surface area is 124 Å². The van der Waals surface area contributed by atoms with Gasteiger partial charge in [0, 0.05) is 16.9 Å². The molecule has 3 nitrogen and oxygen atoms in total. The van der Waals surface area contributed by atoms with Gasteiger partial charge in [-0.2, -0.15) is 0 Å². The Morgan fingerprint density at radius 3 is 2.84 bits per heavy atom. The number of methoxy groups -OCH3 is 1. The average Bonchev–Trinajstić information content (AvgIpc) is 3.22. The van der Waals surface area contributed by atoms with Crippen LogP contribution in [0.5, 0.6) is 5.75 Å². The highest BCUT2D eigenvalue weighted by Gasteiger charge is 2.27. The minimum atomic E-state index is 0.558. The first kappa shape index (κ1) is 12.9. The van der Waals surface area contributed by atoms with E-state index < -0.39 is 0 Å². The van der Waals surface area contributed by atoms with Crippen LogP contribution in [0.4, 0.5) is 0 Å². The zero-order valence-corrected chi connectivity index (χ0v) is 12.9. The van der Waals surface area contributed by atoms with Gasteiger partial charge in [-0.25, -0.2) is 9.97 Å². The standard InChI is InChI=1S/C14H13BrN2OS/c1-18-10-3-2-4-11(7-10)19-13-8-12(15)16-14(17-13)9-5-6-9/h2-4,7-9H,5-6H2,1H3. The molecule has 1 aromatic heterocycles. The summed E-state index contributed by atoms with van der Waals surface area (Å²) in [5.41, 5.74) is 0. The molecule has 0 amide bonds. The van der Waals surface area contributed by atoms with E-state index in [0.29, 0.717) is 5.92 Å². The largest absolute Gasteiger partial charge is 0.497 e. The summed E-state index contributed by atoms with van der Waals surface area (Å²) in [6.45, 7) is 0. The normalized spacial score (nSPS) is 14.4. The highest BCUT2D eigenvalue weighted by atomic mass is 79.9. The maximum atomic E-state index is 5.23. The lowest BCUT2D eigenvalue weighted by molar-refractivity contribution is 0.413. The second-order valence-electron chi connectivity index (χ2n) is 4.44. The average molecular weight is 337 g/mol. The number of rotatable bonds is 4. The van der Waals surface area contributed by atoms with Crippen molar-refractivity contribution >= 4 is 27.7 Å². The van der Waals surface area contributed by atoms with E-state index >= 15 is 0 Å². The van der Waals surface area contributed by atoms with E-state index in [9.17, 15) is 0 Å². The Hall–Kier alpha value is -1.07. The smallest absolute Gasteiger partial charge is 0.134 e. The Morgan fingerprint density at radius 1 is 1.26 bits per heavy atom. The van der Waals surface area contributed by atoms with Gasteiger partial charge in [-0.1, -0.05) is 17.8 Å². The van der Waals surface area contributed by atoms with Crippen molar-refractivity contribution in [2.75, 3.05) is 7.11 Å². The molecule has 98 valence electrons. The van der Waals surface area contributed by atoms with E-state index in [1.807, 2.05) is 24.3 Å². The zero-order valence-electron chi connectivity index (χ0n) is 10.5. The molecule has 0 aliphatic heterocycles. The van der Waals surface area contributed by atoms with Gasteiger partial charge in [0.25, 0.3) is 0 Å². The fourth-order valence-electron chi connectivity index (χ4n) is 1.78. The van der Waals surface area contributed by atoms with Crippen molar-refractivity contribution in [3.63, 3.8) is 0 Å². The van der Waals surface area contributed by atoms with Crippen molar-refractivity contribution in [1.29, 1.82) is 0 Å². The molecule has 1 aromatic carbocycles. The Morgan fingerprint density at radius 2 is 2.11 bits per heavy atom. The van der Waals surface area contributed by atoms with Crippen molar-refractivity contribution in [2.45, 2.75) is 28.7 Å². The van der Waals surface area contributed by atoms with Gasteiger partial charge in [0.2, 0.25) is 0 Å². The summed E-state index contributed by atoms with van der Waals surface area (Å²) in [5, 5.41) is 0.969. The molecular formula is C14H13BrN2OS. The van der Waals surface area contributed by atoms with Crippen molar-refractivity contribution in [3.05, 3.63) is 40.8 Å². The molecule has 0 bridgehead atoms. The molecule has 0 spiro atoms. The lowest BCUT2D eigenvalue weighted by atomic mass is 10.3. The van der Waals surface area contributed by atoms with Crippen LogP contribution in [-0.2, 0) is 0 Å². The molecule has 5 heteroatoms. The zero-order chi connectivity index (χ0) is 13.2. The fourth-order valence-corrected chi connectivity index (χ4v) is 3.20. The van der Waals surface area contributed by atoms with E-state index in [-0.39, 0.29) is 0 Å². The molecule has 3 rings (SSSR count). The summed E-state index contributed by atoms with van der Waals surface area (Å²) in [6.07, 6.45) is 2.42. The maximum Gasteiger partial charge on any atom is 0.134 e. The third-order valence-electron chi connectivity index (χ3n) is 2.89. The first-order valence-corrected chi connectivity index (χ1v) is 7.72. The molecule has 0 atom stereocenters. The summed E-state index contributed by atoms with van der Waals surface area (Å²) >= 11 is 5.09. The molecular weight excluding hydrogens is 324 g/mol. The SMILES string of the molecule is COc1cccc(Sc2cc(Br)nc(C3CC3)n2)c1. The van der Waals surface area contributed by atoms with Crippen molar-refractivity contribution in [1.82, 2.24) is 9.97 Å². The lowest BCUT2D eigenvalue weighted by Gasteiger charge is -2.06. The van der Waals surface area contributed by atoms with Crippen LogP contribution in [0, 0.1) is 0 Å². The van der Waals surface area contributed by atoms with Crippen LogP contribution < -0.4 is 4.74 Å². The second-order valence-corrected chi connectivity index (χ2v) is 6.35. The highest BCUT2D eigenvalue weighted by molar-refractivity contribution is 9.10. The Bertz CT molecular complexity index is 602. The number of halogens is 1. The van der Waals surface area contributed by atoms with Crippen LogP contribution in [0.15, 0.2) is 44.9 Å². The minimum Gasteiger partial charge on any atom is -0.497 e. The highest BCUT2D eigenvalue weighted by Crippen LogP contribution is 2.39. The van der Waals surface area contributed by atoms with E-state index in [0.717, 1.165) is 26.1 Å². The van der Waals surface area contributed by atoms with Crippen LogP contribution in [0.3, 0.4) is 0 Å². The molecule has 1 aliphatic carbocycles. The summed E-state index contributed by atoms with van der Waals surface area (Å²) < 4.78 is 6.09. The molecule has 0 radical (unpaired) electrons. The van der Waals surface area contributed by atoms with Crippen molar-refractivity contribution < 1.29 is 4.74 Å². The van der Waals surface area contributed by atoms with Crippen LogP contribution >= 0.6 is 27.7 Å². The summed E-state index contributed by atoms with van der Waals surface area (Å²) in [6, 6.07) is 9.95. The number of hydrogen-bond acceptors (Lipinski definition) is 4. The molecule has 19 heavy (non-hydrogen) atoms. The molecule has 0 N–H and O–H groups in total. The van der Waals surface area contributed by atoms with E-state index in [1.165, 1.54) is 12.8 Å². The monoisotopic (exact) mass is 336 g/mol. The molecule has 1 saturated carbocycles. The molecule has 1 aliphatic rings. The first-order chi connectivity index (χ1) is 9.24. The van der Waals surface area contributed by atoms with Crippen LogP contribution in [-0.4, -0.2) is 17.1 Å². The molecule has 1 fully saturated rings. The van der Waals surface area contributed by atoms with Crippen LogP contribution in [0.1, 0.15) is 24.6 Å². The minimum absolute atomic E-state index is 0.558. The number of nitrogens with zero attached hydrogens (tertiary/aromatic N) is 2. The van der Waals surface area contributed by atoms with Gasteiger partial charge in [0.05, 0.1) is 7.11 Å². The quantitative estimate of drug-likeness (QED) is 0.780. The number of benzene rings is 1. The predicted molar refractivity (Wildman–Crippen MR) is 78.8 cm³/mol. The summed E-state index contributed by atoms with van der Waals surface area (Å²) in [4.78, 5) is 10.2. The van der Waals surface area contributed by atoms with E-state index in [4.69, 9.17) is 4.74 Å². The summed E-state index contributed by atoms with van der Waals surface area (Å²) in [5.74, 6) is 2.38. The van der Waals surface area contributed by atoms with Gasteiger partial charge in [0.1, 0.15) is 21.2 Å². The van der Waals surface area contributed by atoms with Gasteiger partial charge in [-0.3, -0.25) is 0 Å². The molecule has 2 aromatic rings. The predicted octanol–water partition coefficient (Wildman–Crippen LogP) is 4.28. The van der Waals surface area contributed by atoms with Gasteiger partial charge in [-0.15, -0.1) is 0 Å². The molecule has 1 heterocycles. The topological polar surface area (TPSA) is 35.0 Å². The lowest BCUT2D eigenvalue weighted by Crippen LogP contribution is -1.94. The van der Waals surface area contributed by atoms with E-state index in [2.05, 4.69) is 32.0 Å². The third kappa shape index (κ3) is 3.28. The van der Waals surface area contributed by atoms with Gasteiger partial charge in [0.15, 0.2) is 0 Å². The fraction of sp³-hybridized carbons (Fsp3) is 0.286. The van der Waals surface area contributed by atoms with Gasteiger partial charge < -0.3 is 4.74 Å². The maximum absolute atomic E-state index is 5.23. The Kier molecular flexibility index (Phi) is 3.75. The van der Waals surface area contributed by atoms with Crippen molar-refractivity contribution in [2.24, 2.45) is 0 Å². The van der Waals surface area contributed by atoms with E-state index in [1.54, 1.807) is 18.9 Å². The number of hydrogen-bond donors (Lipinski definition) is 0. The van der Waals surface area contributed by atoms with Crippen molar-refractivity contribution in [3.8, 4) is 5.75 Å². The first-order valence-electron chi connectivity index (χ1n) is 6.11. The van der Waals surface area contributed by atoms with Crippen LogP contribution in [0.25, 0.3) is 0 Å². The molecule has 0 saturated heterocycles. The summed E-state index contributed by atoms with van der Waals surface area (Å²) in [7, 11) is 1.68. The third-order valence-corrected chi connectivity index (χ3v) is 4.21. The number of aromatic nitrogens is 2. The van der Waals surface area contributed by atoms with Gasteiger partial charge in [-0.05, 0) is 47.0 Å². The van der Waals surface area contributed by atoms with Gasteiger partial charge >= 0.3 is 0 Å². The number of ether oxygens (including phenoxy) is 1. The second kappa shape index (κ2) is 5.51. The molecule has 0 unspecified atom stereocenters. The Balaban J connectivity index is 1.85.